The first-order chi connectivity index (χ1) is 11.3. The molecule has 1 amide bonds. The van der Waals surface area contributed by atoms with Crippen molar-refractivity contribution in [2.24, 2.45) is 7.05 Å². The first-order valence-electron chi connectivity index (χ1n) is 6.78. The molecule has 0 aliphatic carbocycles. The van der Waals surface area contributed by atoms with Crippen LogP contribution in [0.25, 0.3) is 11.6 Å². The Bertz CT molecular complexity index is 1010. The van der Waals surface area contributed by atoms with Gasteiger partial charge in [0.25, 0.3) is 11.8 Å². The number of sulfone groups is 1. The number of anilines is 1. The Balaban J connectivity index is 1.79. The van der Waals surface area contributed by atoms with Gasteiger partial charge in [-0.15, -0.1) is 5.10 Å². The molecule has 2 aromatic heterocycles. The molecule has 3 rings (SSSR count). The highest BCUT2D eigenvalue weighted by molar-refractivity contribution is 7.90. The zero-order chi connectivity index (χ0) is 17.3. The van der Waals surface area contributed by atoms with Crippen LogP contribution < -0.4 is 5.32 Å². The largest absolute Gasteiger partial charge is 0.401 e. The molecule has 10 heteroatoms. The maximum absolute atomic E-state index is 12.2. The lowest BCUT2D eigenvalue weighted by Crippen LogP contribution is -2.13. The summed E-state index contributed by atoms with van der Waals surface area (Å²) in [6.07, 6.45) is 2.79. The summed E-state index contributed by atoms with van der Waals surface area (Å²) in [7, 11) is -1.66. The van der Waals surface area contributed by atoms with Crippen LogP contribution in [-0.4, -0.2) is 40.6 Å². The molecule has 0 unspecified atom stereocenters. The van der Waals surface area contributed by atoms with Crippen molar-refractivity contribution in [1.29, 1.82) is 0 Å². The molecule has 24 heavy (non-hydrogen) atoms. The van der Waals surface area contributed by atoms with Gasteiger partial charge in [-0.2, -0.15) is 5.10 Å². The van der Waals surface area contributed by atoms with Crippen LogP contribution in [0.5, 0.6) is 0 Å². The Morgan fingerprint density at radius 2 is 2.04 bits per heavy atom. The van der Waals surface area contributed by atoms with E-state index in [1.165, 1.54) is 24.3 Å². The molecule has 0 bridgehead atoms. The van der Waals surface area contributed by atoms with Gasteiger partial charge in [-0.3, -0.25) is 14.8 Å². The highest BCUT2D eigenvalue weighted by Crippen LogP contribution is 2.18. The molecule has 124 valence electrons. The molecule has 3 aromatic rings. The first kappa shape index (κ1) is 15.9. The van der Waals surface area contributed by atoms with Crippen molar-refractivity contribution < 1.29 is 17.6 Å². The minimum atomic E-state index is -3.40. The summed E-state index contributed by atoms with van der Waals surface area (Å²) >= 11 is 0. The van der Waals surface area contributed by atoms with Crippen LogP contribution in [-0.2, 0) is 16.9 Å². The number of hydrogen-bond donors (Lipinski definition) is 1. The Kier molecular flexibility index (Phi) is 3.89. The Morgan fingerprint density at radius 3 is 2.71 bits per heavy atom. The topological polar surface area (TPSA) is 120 Å². The molecule has 2 heterocycles. The summed E-state index contributed by atoms with van der Waals surface area (Å²) < 4.78 is 30.0. The highest BCUT2D eigenvalue weighted by atomic mass is 32.2. The van der Waals surface area contributed by atoms with Crippen LogP contribution in [0.15, 0.2) is 45.8 Å². The lowest BCUT2D eigenvalue weighted by atomic mass is 10.2. The minimum absolute atomic E-state index is 0.0508. The maximum Gasteiger partial charge on any atom is 0.322 e. The SMILES string of the molecule is Cn1ccc(-c2nnc(NC(=O)c3cccc(S(C)(=O)=O)c3)o2)n1. The molecular weight excluding hydrogens is 334 g/mol. The van der Waals surface area contributed by atoms with Gasteiger partial charge in [-0.1, -0.05) is 11.2 Å². The summed E-state index contributed by atoms with van der Waals surface area (Å²) in [5.41, 5.74) is 0.639. The number of hydrogen-bond acceptors (Lipinski definition) is 7. The van der Waals surface area contributed by atoms with Gasteiger partial charge in [0, 0.05) is 25.1 Å². The number of carbonyl (C=O) groups is 1. The first-order valence-corrected chi connectivity index (χ1v) is 8.67. The third-order valence-electron chi connectivity index (χ3n) is 3.10. The molecule has 0 saturated carbocycles. The lowest BCUT2D eigenvalue weighted by molar-refractivity contribution is 0.102. The summed E-state index contributed by atoms with van der Waals surface area (Å²) in [6, 6.07) is 7.25. The van der Waals surface area contributed by atoms with E-state index in [4.69, 9.17) is 4.42 Å². The van der Waals surface area contributed by atoms with Gasteiger partial charge in [-0.25, -0.2) is 8.42 Å². The molecule has 0 atom stereocenters. The lowest BCUT2D eigenvalue weighted by Gasteiger charge is -2.03. The summed E-state index contributed by atoms with van der Waals surface area (Å²) in [6.45, 7) is 0. The fourth-order valence-electron chi connectivity index (χ4n) is 1.94. The van der Waals surface area contributed by atoms with Crippen LogP contribution >= 0.6 is 0 Å². The average molecular weight is 347 g/mol. The van der Waals surface area contributed by atoms with E-state index >= 15 is 0 Å². The fraction of sp³-hybridized carbons (Fsp3) is 0.143. The predicted molar refractivity (Wildman–Crippen MR) is 84.0 cm³/mol. The van der Waals surface area contributed by atoms with Gasteiger partial charge in [-0.05, 0) is 24.3 Å². The van der Waals surface area contributed by atoms with Crippen molar-refractivity contribution in [1.82, 2.24) is 20.0 Å². The standard InChI is InChI=1S/C14H13N5O4S/c1-19-7-6-11(18-19)13-16-17-14(23-13)15-12(20)9-4-3-5-10(8-9)24(2,21)22/h3-8H,1-2H3,(H,15,17,20). The van der Waals surface area contributed by atoms with Gasteiger partial charge < -0.3 is 4.42 Å². The van der Waals surface area contributed by atoms with Gasteiger partial charge in [0.15, 0.2) is 9.84 Å². The number of aromatic nitrogens is 4. The maximum atomic E-state index is 12.2. The van der Waals surface area contributed by atoms with Crippen molar-refractivity contribution in [3.8, 4) is 11.6 Å². The van der Waals surface area contributed by atoms with Crippen molar-refractivity contribution in [3.05, 3.63) is 42.1 Å². The predicted octanol–water partition coefficient (Wildman–Crippen LogP) is 1.13. The molecule has 0 radical (unpaired) electrons. The second-order valence-electron chi connectivity index (χ2n) is 5.04. The third kappa shape index (κ3) is 3.33. The van der Waals surface area contributed by atoms with Crippen LogP contribution in [0, 0.1) is 0 Å². The average Bonchev–Trinajstić information content (AvgIpc) is 3.15. The summed E-state index contributed by atoms with van der Waals surface area (Å²) in [5.74, 6) is -0.396. The van der Waals surface area contributed by atoms with Crippen molar-refractivity contribution in [2.75, 3.05) is 11.6 Å². The van der Waals surface area contributed by atoms with Crippen molar-refractivity contribution in [2.45, 2.75) is 4.90 Å². The van der Waals surface area contributed by atoms with E-state index in [9.17, 15) is 13.2 Å². The van der Waals surface area contributed by atoms with E-state index in [-0.39, 0.29) is 22.4 Å². The molecule has 1 aromatic carbocycles. The zero-order valence-corrected chi connectivity index (χ0v) is 13.6. The molecular formula is C14H13N5O4S. The molecule has 0 fully saturated rings. The summed E-state index contributed by atoms with van der Waals surface area (Å²) in [4.78, 5) is 12.2. The fourth-order valence-corrected chi connectivity index (χ4v) is 2.61. The Hall–Kier alpha value is -3.01. The minimum Gasteiger partial charge on any atom is -0.401 e. The van der Waals surface area contributed by atoms with E-state index in [0.717, 1.165) is 6.26 Å². The highest BCUT2D eigenvalue weighted by Gasteiger charge is 2.16. The van der Waals surface area contributed by atoms with Gasteiger partial charge in [0.2, 0.25) is 0 Å². The van der Waals surface area contributed by atoms with Crippen LogP contribution in [0.2, 0.25) is 0 Å². The monoisotopic (exact) mass is 347 g/mol. The van der Waals surface area contributed by atoms with E-state index < -0.39 is 15.7 Å². The Morgan fingerprint density at radius 1 is 1.25 bits per heavy atom. The van der Waals surface area contributed by atoms with Crippen LogP contribution in [0.3, 0.4) is 0 Å². The number of nitrogens with one attached hydrogen (secondary N) is 1. The number of carbonyl (C=O) groups excluding carboxylic acids is 1. The quantitative estimate of drug-likeness (QED) is 0.751. The molecule has 0 aliphatic heterocycles. The Labute approximate surface area is 137 Å². The van der Waals surface area contributed by atoms with E-state index in [1.807, 2.05) is 0 Å². The number of aryl methyl sites for hydroxylation is 1. The van der Waals surface area contributed by atoms with Gasteiger partial charge in [0.05, 0.1) is 4.90 Å². The molecule has 9 nitrogen and oxygen atoms in total. The molecule has 0 aliphatic rings. The van der Waals surface area contributed by atoms with Crippen molar-refractivity contribution >= 4 is 21.8 Å². The number of rotatable bonds is 4. The molecule has 1 N–H and O–H groups in total. The van der Waals surface area contributed by atoms with Gasteiger partial charge in [0.1, 0.15) is 5.69 Å². The molecule has 0 saturated heterocycles. The second-order valence-corrected chi connectivity index (χ2v) is 7.06. The van der Waals surface area contributed by atoms with Gasteiger partial charge >= 0.3 is 6.01 Å². The second kappa shape index (κ2) is 5.89. The van der Waals surface area contributed by atoms with E-state index in [0.29, 0.717) is 5.69 Å². The zero-order valence-electron chi connectivity index (χ0n) is 12.8. The van der Waals surface area contributed by atoms with Crippen LogP contribution in [0.1, 0.15) is 10.4 Å². The number of amides is 1. The van der Waals surface area contributed by atoms with Crippen LogP contribution in [0.4, 0.5) is 6.01 Å². The third-order valence-corrected chi connectivity index (χ3v) is 4.21. The summed E-state index contributed by atoms with van der Waals surface area (Å²) in [5, 5.41) is 14.1. The van der Waals surface area contributed by atoms with E-state index in [1.54, 1.807) is 24.0 Å². The van der Waals surface area contributed by atoms with Crippen molar-refractivity contribution in [3.63, 3.8) is 0 Å². The smallest absolute Gasteiger partial charge is 0.322 e. The number of nitrogens with zero attached hydrogens (tertiary/aromatic N) is 4. The van der Waals surface area contributed by atoms with E-state index in [2.05, 4.69) is 20.6 Å². The normalized spacial score (nSPS) is 11.4. The number of benzene rings is 1. The molecule has 0 spiro atoms.